The molecule has 5 heteroatoms. The number of hydrogen-bond donors (Lipinski definition) is 1. The number of ether oxygens (including phenoxy) is 2. The minimum absolute atomic E-state index is 0.0323. The summed E-state index contributed by atoms with van der Waals surface area (Å²) >= 11 is 0. The first-order valence-corrected chi connectivity index (χ1v) is 9.64. The largest absolute Gasteiger partial charge is 0.491 e. The Balaban J connectivity index is 1.57. The van der Waals surface area contributed by atoms with Crippen molar-refractivity contribution in [3.8, 4) is 5.75 Å². The van der Waals surface area contributed by atoms with Gasteiger partial charge in [0.1, 0.15) is 18.0 Å². The number of benzene rings is 2. The highest BCUT2D eigenvalue weighted by Gasteiger charge is 2.42. The Labute approximate surface area is 160 Å². The van der Waals surface area contributed by atoms with Gasteiger partial charge in [0.25, 0.3) is 5.91 Å². The Morgan fingerprint density at radius 3 is 2.70 bits per heavy atom. The Morgan fingerprint density at radius 2 is 2.00 bits per heavy atom. The first-order valence-electron chi connectivity index (χ1n) is 9.64. The zero-order chi connectivity index (χ0) is 18.9. The quantitative estimate of drug-likeness (QED) is 0.869. The monoisotopic (exact) mass is 366 g/mol. The van der Waals surface area contributed by atoms with Gasteiger partial charge in [-0.15, -0.1) is 0 Å². The minimum atomic E-state index is -0.571. The van der Waals surface area contributed by atoms with Gasteiger partial charge in [-0.25, -0.2) is 0 Å². The molecule has 0 saturated carbocycles. The van der Waals surface area contributed by atoms with Crippen LogP contribution in [-0.4, -0.2) is 37.2 Å². The van der Waals surface area contributed by atoms with E-state index in [4.69, 9.17) is 9.47 Å². The second kappa shape index (κ2) is 7.24. The van der Waals surface area contributed by atoms with Crippen LogP contribution in [0.5, 0.6) is 5.75 Å². The fraction of sp³-hybridized carbons (Fsp3) is 0.409. The van der Waals surface area contributed by atoms with Crippen molar-refractivity contribution in [2.24, 2.45) is 0 Å². The number of rotatable bonds is 5. The molecule has 0 aromatic heterocycles. The predicted molar refractivity (Wildman–Crippen MR) is 105 cm³/mol. The van der Waals surface area contributed by atoms with E-state index >= 15 is 0 Å². The molecule has 4 rings (SSSR count). The first-order chi connectivity index (χ1) is 13.1. The summed E-state index contributed by atoms with van der Waals surface area (Å²) in [5, 5.41) is 3.60. The Hall–Kier alpha value is -2.53. The van der Waals surface area contributed by atoms with Gasteiger partial charge in [0.05, 0.1) is 11.7 Å². The van der Waals surface area contributed by atoms with Crippen LogP contribution in [0.15, 0.2) is 48.5 Å². The number of carbonyl (C=O) groups is 1. The molecule has 2 aromatic rings. The Morgan fingerprint density at radius 1 is 1.22 bits per heavy atom. The van der Waals surface area contributed by atoms with E-state index in [1.165, 1.54) is 0 Å². The zero-order valence-electron chi connectivity index (χ0n) is 15.9. The summed E-state index contributed by atoms with van der Waals surface area (Å²) in [4.78, 5) is 14.7. The molecule has 1 saturated heterocycles. The molecule has 2 aromatic carbocycles. The molecule has 1 N–H and O–H groups in total. The van der Waals surface area contributed by atoms with Crippen LogP contribution in [0.2, 0.25) is 0 Å². The summed E-state index contributed by atoms with van der Waals surface area (Å²) in [5.41, 5.74) is 2.06. The average molecular weight is 366 g/mol. The fourth-order valence-corrected chi connectivity index (χ4v) is 4.03. The van der Waals surface area contributed by atoms with Crippen molar-refractivity contribution in [3.05, 3.63) is 59.7 Å². The van der Waals surface area contributed by atoms with Gasteiger partial charge < -0.3 is 19.7 Å². The van der Waals surface area contributed by atoms with Gasteiger partial charge in [-0.3, -0.25) is 4.79 Å². The summed E-state index contributed by atoms with van der Waals surface area (Å²) in [6.45, 7) is 3.51. The third kappa shape index (κ3) is 3.16. The fourth-order valence-electron chi connectivity index (χ4n) is 4.03. The van der Waals surface area contributed by atoms with Gasteiger partial charge in [0.15, 0.2) is 0 Å². The SMILES string of the molecule is CCC1(c2ccc(OCC3CCCO3)cc2)Nc2ccccc2C(=O)N1C. The summed E-state index contributed by atoms with van der Waals surface area (Å²) < 4.78 is 11.5. The van der Waals surface area contributed by atoms with E-state index in [1.54, 1.807) is 4.90 Å². The topological polar surface area (TPSA) is 50.8 Å². The number of para-hydroxylation sites is 1. The lowest BCUT2D eigenvalue weighted by molar-refractivity contribution is 0.0571. The summed E-state index contributed by atoms with van der Waals surface area (Å²) in [6.07, 6.45) is 3.12. The highest BCUT2D eigenvalue weighted by Crippen LogP contribution is 2.39. The van der Waals surface area contributed by atoms with E-state index in [0.717, 1.165) is 42.9 Å². The molecule has 0 spiro atoms. The van der Waals surface area contributed by atoms with Gasteiger partial charge in [-0.05, 0) is 49.1 Å². The van der Waals surface area contributed by atoms with Gasteiger partial charge in [0, 0.05) is 19.3 Å². The van der Waals surface area contributed by atoms with E-state index in [-0.39, 0.29) is 12.0 Å². The van der Waals surface area contributed by atoms with Crippen LogP contribution in [-0.2, 0) is 10.4 Å². The maximum atomic E-state index is 12.9. The molecule has 2 unspecified atom stereocenters. The number of hydrogen-bond acceptors (Lipinski definition) is 4. The van der Waals surface area contributed by atoms with Gasteiger partial charge in [-0.2, -0.15) is 0 Å². The van der Waals surface area contributed by atoms with Crippen LogP contribution < -0.4 is 10.1 Å². The zero-order valence-corrected chi connectivity index (χ0v) is 15.9. The molecule has 1 amide bonds. The lowest BCUT2D eigenvalue weighted by atomic mass is 9.90. The average Bonchev–Trinajstić information content (AvgIpc) is 3.23. The molecule has 0 bridgehead atoms. The van der Waals surface area contributed by atoms with Crippen molar-refractivity contribution < 1.29 is 14.3 Å². The first kappa shape index (κ1) is 17.9. The lowest BCUT2D eigenvalue weighted by Crippen LogP contribution is -2.55. The summed E-state index contributed by atoms with van der Waals surface area (Å²) in [6, 6.07) is 15.7. The van der Waals surface area contributed by atoms with Crippen LogP contribution in [0.4, 0.5) is 5.69 Å². The maximum absolute atomic E-state index is 12.9. The van der Waals surface area contributed by atoms with Crippen molar-refractivity contribution in [2.45, 2.75) is 38.0 Å². The number of nitrogens with zero attached hydrogens (tertiary/aromatic N) is 1. The third-order valence-electron chi connectivity index (χ3n) is 5.68. The maximum Gasteiger partial charge on any atom is 0.257 e. The number of fused-ring (bicyclic) bond motifs is 1. The van der Waals surface area contributed by atoms with Crippen molar-refractivity contribution >= 4 is 11.6 Å². The summed E-state index contributed by atoms with van der Waals surface area (Å²) in [5.74, 6) is 0.857. The van der Waals surface area contributed by atoms with Crippen molar-refractivity contribution in [3.63, 3.8) is 0 Å². The van der Waals surface area contributed by atoms with Gasteiger partial charge >= 0.3 is 0 Å². The molecule has 0 radical (unpaired) electrons. The van der Waals surface area contributed by atoms with Crippen molar-refractivity contribution in [1.82, 2.24) is 4.90 Å². The third-order valence-corrected chi connectivity index (χ3v) is 5.68. The molecular formula is C22H26N2O3. The van der Waals surface area contributed by atoms with Crippen LogP contribution in [0.3, 0.4) is 0 Å². The van der Waals surface area contributed by atoms with E-state index in [9.17, 15) is 4.79 Å². The number of carbonyl (C=O) groups excluding carboxylic acids is 1. The molecule has 5 nitrogen and oxygen atoms in total. The van der Waals surface area contributed by atoms with Gasteiger partial charge in [0.2, 0.25) is 0 Å². The Bertz CT molecular complexity index is 815. The highest BCUT2D eigenvalue weighted by molar-refractivity contribution is 6.02. The van der Waals surface area contributed by atoms with Crippen LogP contribution in [0, 0.1) is 0 Å². The van der Waals surface area contributed by atoms with E-state index in [1.807, 2.05) is 55.6 Å². The Kier molecular flexibility index (Phi) is 4.79. The van der Waals surface area contributed by atoms with E-state index in [0.29, 0.717) is 12.2 Å². The summed E-state index contributed by atoms with van der Waals surface area (Å²) in [7, 11) is 1.86. The molecular weight excluding hydrogens is 340 g/mol. The normalized spacial score (nSPS) is 24.4. The van der Waals surface area contributed by atoms with Crippen LogP contribution in [0.25, 0.3) is 0 Å². The molecule has 1 fully saturated rings. The smallest absolute Gasteiger partial charge is 0.257 e. The van der Waals surface area contributed by atoms with E-state index in [2.05, 4.69) is 12.2 Å². The van der Waals surface area contributed by atoms with Crippen LogP contribution >= 0.6 is 0 Å². The van der Waals surface area contributed by atoms with Crippen molar-refractivity contribution in [1.29, 1.82) is 0 Å². The minimum Gasteiger partial charge on any atom is -0.491 e. The second-order valence-corrected chi connectivity index (χ2v) is 7.22. The highest BCUT2D eigenvalue weighted by atomic mass is 16.5. The van der Waals surface area contributed by atoms with Crippen molar-refractivity contribution in [2.75, 3.05) is 25.6 Å². The van der Waals surface area contributed by atoms with Gasteiger partial charge in [-0.1, -0.05) is 31.2 Å². The molecule has 142 valence electrons. The number of nitrogens with one attached hydrogen (secondary N) is 1. The predicted octanol–water partition coefficient (Wildman–Crippen LogP) is 4.00. The van der Waals surface area contributed by atoms with E-state index < -0.39 is 5.66 Å². The lowest BCUT2D eigenvalue weighted by Gasteiger charge is -2.46. The molecule has 2 aliphatic rings. The molecule has 0 aliphatic carbocycles. The van der Waals surface area contributed by atoms with Crippen LogP contribution in [0.1, 0.15) is 42.1 Å². The standard InChI is InChI=1S/C22H26N2O3/c1-3-22(23-20-9-5-4-8-19(20)21(25)24(22)2)16-10-12-17(13-11-16)27-15-18-7-6-14-26-18/h4-5,8-13,18,23H,3,6-7,14-15H2,1-2H3. The molecule has 2 heterocycles. The number of amides is 1. The molecule has 2 aliphatic heterocycles. The number of anilines is 1. The molecule has 2 atom stereocenters. The second-order valence-electron chi connectivity index (χ2n) is 7.22. The molecule has 27 heavy (non-hydrogen) atoms.